The minimum atomic E-state index is -0.422. The average Bonchev–Trinajstić information content (AvgIpc) is 2.82. The SMILES string of the molecule is COc1cc(/C=N/NC(=O)COc2cccc(Cl)c2)ccc1OCC(=O)N1CCOCC1. The van der Waals surface area contributed by atoms with Crippen LogP contribution in [0.1, 0.15) is 5.56 Å². The molecule has 1 aliphatic heterocycles. The zero-order valence-corrected chi connectivity index (χ0v) is 18.3. The van der Waals surface area contributed by atoms with E-state index in [9.17, 15) is 9.59 Å². The highest BCUT2D eigenvalue weighted by Crippen LogP contribution is 2.27. The van der Waals surface area contributed by atoms with Crippen molar-refractivity contribution in [3.8, 4) is 17.2 Å². The lowest BCUT2D eigenvalue weighted by molar-refractivity contribution is -0.137. The molecule has 2 amide bonds. The Morgan fingerprint density at radius 2 is 1.94 bits per heavy atom. The van der Waals surface area contributed by atoms with Gasteiger partial charge in [-0.1, -0.05) is 17.7 Å². The van der Waals surface area contributed by atoms with E-state index in [-0.39, 0.29) is 19.1 Å². The first-order valence-electron chi connectivity index (χ1n) is 9.92. The van der Waals surface area contributed by atoms with Crippen molar-refractivity contribution in [1.29, 1.82) is 0 Å². The third-order valence-corrected chi connectivity index (χ3v) is 4.71. The number of hydrogen-bond acceptors (Lipinski definition) is 7. The molecule has 0 aliphatic carbocycles. The number of amides is 2. The molecule has 0 aromatic heterocycles. The summed E-state index contributed by atoms with van der Waals surface area (Å²) >= 11 is 5.87. The Morgan fingerprint density at radius 1 is 1.12 bits per heavy atom. The number of morpholine rings is 1. The number of carbonyl (C=O) groups is 2. The highest BCUT2D eigenvalue weighted by molar-refractivity contribution is 6.30. The van der Waals surface area contributed by atoms with E-state index in [1.165, 1.54) is 13.3 Å². The Morgan fingerprint density at radius 3 is 2.69 bits per heavy atom. The molecule has 3 rings (SSSR count). The van der Waals surface area contributed by atoms with Gasteiger partial charge >= 0.3 is 0 Å². The van der Waals surface area contributed by atoms with Crippen molar-refractivity contribution < 1.29 is 28.5 Å². The predicted octanol–water partition coefficient (Wildman–Crippen LogP) is 2.12. The summed E-state index contributed by atoms with van der Waals surface area (Å²) in [7, 11) is 1.50. The van der Waals surface area contributed by atoms with Crippen LogP contribution in [0, 0.1) is 0 Å². The molecule has 10 heteroatoms. The fourth-order valence-corrected chi connectivity index (χ4v) is 3.02. The molecular weight excluding hydrogens is 438 g/mol. The van der Waals surface area contributed by atoms with Gasteiger partial charge in [-0.15, -0.1) is 0 Å². The molecule has 0 spiro atoms. The molecule has 32 heavy (non-hydrogen) atoms. The van der Waals surface area contributed by atoms with E-state index in [2.05, 4.69) is 10.5 Å². The van der Waals surface area contributed by atoms with Crippen molar-refractivity contribution in [1.82, 2.24) is 10.3 Å². The van der Waals surface area contributed by atoms with E-state index in [1.807, 2.05) is 0 Å². The summed E-state index contributed by atoms with van der Waals surface area (Å²) in [5.41, 5.74) is 3.06. The van der Waals surface area contributed by atoms with Gasteiger partial charge in [-0.3, -0.25) is 9.59 Å². The van der Waals surface area contributed by atoms with E-state index in [1.54, 1.807) is 47.4 Å². The molecule has 1 aliphatic rings. The molecule has 0 radical (unpaired) electrons. The Bertz CT molecular complexity index is 962. The van der Waals surface area contributed by atoms with Crippen LogP contribution in [0.2, 0.25) is 5.02 Å². The second-order valence-electron chi connectivity index (χ2n) is 6.73. The molecule has 2 aromatic rings. The molecule has 170 valence electrons. The quantitative estimate of drug-likeness (QED) is 0.453. The number of carbonyl (C=O) groups excluding carboxylic acids is 2. The second kappa shape index (κ2) is 11.9. The van der Waals surface area contributed by atoms with E-state index >= 15 is 0 Å². The maximum atomic E-state index is 12.2. The third-order valence-electron chi connectivity index (χ3n) is 4.47. The summed E-state index contributed by atoms with van der Waals surface area (Å²) in [6, 6.07) is 11.9. The van der Waals surface area contributed by atoms with Crippen LogP contribution in [-0.4, -0.2) is 69.6 Å². The number of benzene rings is 2. The van der Waals surface area contributed by atoms with Crippen LogP contribution < -0.4 is 19.6 Å². The highest BCUT2D eigenvalue weighted by Gasteiger charge is 2.18. The maximum absolute atomic E-state index is 12.2. The van der Waals surface area contributed by atoms with Crippen molar-refractivity contribution >= 4 is 29.6 Å². The van der Waals surface area contributed by atoms with Crippen LogP contribution >= 0.6 is 11.6 Å². The van der Waals surface area contributed by atoms with Gasteiger partial charge in [0.2, 0.25) is 0 Å². The van der Waals surface area contributed by atoms with E-state index in [0.717, 1.165) is 0 Å². The average molecular weight is 462 g/mol. The van der Waals surface area contributed by atoms with Crippen molar-refractivity contribution in [2.75, 3.05) is 46.6 Å². The molecule has 0 bridgehead atoms. The lowest BCUT2D eigenvalue weighted by atomic mass is 10.2. The van der Waals surface area contributed by atoms with Gasteiger partial charge in [0, 0.05) is 18.1 Å². The number of nitrogens with one attached hydrogen (secondary N) is 1. The molecule has 1 fully saturated rings. The number of ether oxygens (including phenoxy) is 4. The minimum Gasteiger partial charge on any atom is -0.493 e. The number of hydrazone groups is 1. The number of hydrogen-bond donors (Lipinski definition) is 1. The predicted molar refractivity (Wildman–Crippen MR) is 119 cm³/mol. The zero-order valence-electron chi connectivity index (χ0n) is 17.6. The lowest BCUT2D eigenvalue weighted by Crippen LogP contribution is -2.43. The Balaban J connectivity index is 1.48. The largest absolute Gasteiger partial charge is 0.493 e. The van der Waals surface area contributed by atoms with Crippen LogP contribution in [0.25, 0.3) is 0 Å². The molecule has 1 saturated heterocycles. The van der Waals surface area contributed by atoms with Gasteiger partial charge in [0.1, 0.15) is 5.75 Å². The van der Waals surface area contributed by atoms with Gasteiger partial charge in [0.05, 0.1) is 26.5 Å². The molecule has 0 unspecified atom stereocenters. The van der Waals surface area contributed by atoms with Gasteiger partial charge < -0.3 is 23.8 Å². The van der Waals surface area contributed by atoms with Crippen LogP contribution in [0.15, 0.2) is 47.6 Å². The Labute approximate surface area is 190 Å². The van der Waals surface area contributed by atoms with Gasteiger partial charge in [0.15, 0.2) is 24.7 Å². The fourth-order valence-electron chi connectivity index (χ4n) is 2.84. The van der Waals surface area contributed by atoms with E-state index in [0.29, 0.717) is 54.1 Å². The summed E-state index contributed by atoms with van der Waals surface area (Å²) in [5, 5.41) is 4.43. The van der Waals surface area contributed by atoms with Gasteiger partial charge in [0.25, 0.3) is 11.8 Å². The Hall–Kier alpha value is -3.30. The summed E-state index contributed by atoms with van der Waals surface area (Å²) in [4.78, 5) is 25.8. The van der Waals surface area contributed by atoms with Crippen LogP contribution in [-0.2, 0) is 14.3 Å². The number of nitrogens with zero attached hydrogens (tertiary/aromatic N) is 2. The molecule has 0 atom stereocenters. The van der Waals surface area contributed by atoms with Crippen molar-refractivity contribution in [3.63, 3.8) is 0 Å². The van der Waals surface area contributed by atoms with Crippen LogP contribution in [0.3, 0.4) is 0 Å². The number of rotatable bonds is 9. The number of halogens is 1. The lowest BCUT2D eigenvalue weighted by Gasteiger charge is -2.26. The summed E-state index contributed by atoms with van der Waals surface area (Å²) in [6.45, 7) is 1.89. The van der Waals surface area contributed by atoms with Crippen molar-refractivity contribution in [3.05, 3.63) is 53.1 Å². The van der Waals surface area contributed by atoms with E-state index < -0.39 is 5.91 Å². The Kier molecular flexibility index (Phi) is 8.70. The minimum absolute atomic E-state index is 0.0908. The highest BCUT2D eigenvalue weighted by atomic mass is 35.5. The van der Waals surface area contributed by atoms with Crippen LogP contribution in [0.4, 0.5) is 0 Å². The molecule has 0 saturated carbocycles. The summed E-state index contributed by atoms with van der Waals surface area (Å²) in [5.74, 6) is 0.840. The first kappa shape index (κ1) is 23.4. The molecule has 9 nitrogen and oxygen atoms in total. The summed E-state index contributed by atoms with van der Waals surface area (Å²) < 4.78 is 21.6. The zero-order chi connectivity index (χ0) is 22.8. The van der Waals surface area contributed by atoms with Gasteiger partial charge in [-0.05, 0) is 42.0 Å². The molecular formula is C22H24ClN3O6. The first-order chi connectivity index (χ1) is 15.5. The molecule has 1 N–H and O–H groups in total. The van der Waals surface area contributed by atoms with Gasteiger partial charge in [-0.25, -0.2) is 5.43 Å². The van der Waals surface area contributed by atoms with Crippen molar-refractivity contribution in [2.24, 2.45) is 5.10 Å². The van der Waals surface area contributed by atoms with Crippen molar-refractivity contribution in [2.45, 2.75) is 0 Å². The van der Waals surface area contributed by atoms with Crippen LogP contribution in [0.5, 0.6) is 17.2 Å². The number of methoxy groups -OCH3 is 1. The first-order valence-corrected chi connectivity index (χ1v) is 10.3. The maximum Gasteiger partial charge on any atom is 0.277 e. The smallest absolute Gasteiger partial charge is 0.277 e. The third kappa shape index (κ3) is 7.14. The fraction of sp³-hybridized carbons (Fsp3) is 0.318. The monoisotopic (exact) mass is 461 g/mol. The van der Waals surface area contributed by atoms with E-state index in [4.69, 9.17) is 30.5 Å². The molecule has 1 heterocycles. The topological polar surface area (TPSA) is 98.7 Å². The molecule has 2 aromatic carbocycles. The standard InChI is InChI=1S/C22H24ClN3O6/c1-29-20-11-16(5-6-19(20)32-15-22(28)26-7-9-30-10-8-26)13-24-25-21(27)14-31-18-4-2-3-17(23)12-18/h2-6,11-13H,7-10,14-15H2,1H3,(H,25,27)/b24-13+. The summed E-state index contributed by atoms with van der Waals surface area (Å²) in [6.07, 6.45) is 1.46. The second-order valence-corrected chi connectivity index (χ2v) is 7.17. The van der Waals surface area contributed by atoms with Gasteiger partial charge in [-0.2, -0.15) is 5.10 Å². The normalized spacial score (nSPS) is 13.6.